The van der Waals surface area contributed by atoms with Gasteiger partial charge in [-0.1, -0.05) is 18.6 Å². The van der Waals surface area contributed by atoms with Crippen LogP contribution in [0.15, 0.2) is 24.3 Å². The molecule has 0 aliphatic rings. The van der Waals surface area contributed by atoms with E-state index in [1.807, 2.05) is 18.2 Å². The fraction of sp³-hybridized carbons (Fsp3) is 0.438. The van der Waals surface area contributed by atoms with Crippen molar-refractivity contribution in [3.63, 3.8) is 0 Å². The maximum Gasteiger partial charge on any atom is 0.305 e. The Balaban J connectivity index is 2.10. The number of benzene rings is 1. The van der Waals surface area contributed by atoms with Crippen LogP contribution in [0.1, 0.15) is 43.2 Å². The van der Waals surface area contributed by atoms with Gasteiger partial charge < -0.3 is 9.84 Å². The highest BCUT2D eigenvalue weighted by Gasteiger charge is 2.04. The summed E-state index contributed by atoms with van der Waals surface area (Å²) in [6.07, 6.45) is 3.06. The number of carboxylic acid groups (broad SMARTS) is 1. The standard InChI is InChI=1S/C16H19NO4/c17-12-14-8-6-13(7-9-14)10-11-21-16(20)5-3-1-2-4-15(18)19/h6-9H,1-5,10-11H2,(H,18,19). The largest absolute Gasteiger partial charge is 0.481 e. The van der Waals surface area contributed by atoms with Crippen molar-refractivity contribution in [2.75, 3.05) is 6.61 Å². The van der Waals surface area contributed by atoms with E-state index in [0.717, 1.165) is 12.0 Å². The molecule has 0 aliphatic heterocycles. The Morgan fingerprint density at radius 2 is 1.76 bits per heavy atom. The van der Waals surface area contributed by atoms with E-state index < -0.39 is 5.97 Å². The normalized spacial score (nSPS) is 9.86. The average molecular weight is 289 g/mol. The third-order valence-electron chi connectivity index (χ3n) is 3.01. The van der Waals surface area contributed by atoms with Crippen LogP contribution in [0.5, 0.6) is 0 Å². The minimum Gasteiger partial charge on any atom is -0.481 e. The summed E-state index contributed by atoms with van der Waals surface area (Å²) in [6.45, 7) is 0.319. The second kappa shape index (κ2) is 9.54. The summed E-state index contributed by atoms with van der Waals surface area (Å²) < 4.78 is 5.11. The smallest absolute Gasteiger partial charge is 0.305 e. The SMILES string of the molecule is N#Cc1ccc(CCOC(=O)CCCCCC(=O)O)cc1. The quantitative estimate of drug-likeness (QED) is 0.558. The second-order valence-electron chi connectivity index (χ2n) is 4.73. The number of rotatable bonds is 9. The average Bonchev–Trinajstić information content (AvgIpc) is 2.47. The number of carbonyl (C=O) groups is 2. The molecule has 0 aliphatic carbocycles. The first-order valence-electron chi connectivity index (χ1n) is 6.98. The Bertz CT molecular complexity index is 502. The van der Waals surface area contributed by atoms with E-state index in [-0.39, 0.29) is 12.4 Å². The highest BCUT2D eigenvalue weighted by molar-refractivity contribution is 5.69. The molecule has 21 heavy (non-hydrogen) atoms. The van der Waals surface area contributed by atoms with Crippen LogP contribution in [0.25, 0.3) is 0 Å². The zero-order valence-corrected chi connectivity index (χ0v) is 11.9. The fourth-order valence-corrected chi connectivity index (χ4v) is 1.82. The Morgan fingerprint density at radius 3 is 2.38 bits per heavy atom. The lowest BCUT2D eigenvalue weighted by atomic mass is 10.1. The van der Waals surface area contributed by atoms with E-state index in [4.69, 9.17) is 15.1 Å². The van der Waals surface area contributed by atoms with Gasteiger partial charge in [-0.05, 0) is 30.5 Å². The fourth-order valence-electron chi connectivity index (χ4n) is 1.82. The van der Waals surface area contributed by atoms with Gasteiger partial charge in [0, 0.05) is 19.3 Å². The number of nitrogens with zero attached hydrogens (tertiary/aromatic N) is 1. The van der Waals surface area contributed by atoms with E-state index in [2.05, 4.69) is 0 Å². The van der Waals surface area contributed by atoms with Crippen molar-refractivity contribution in [2.45, 2.75) is 38.5 Å². The number of nitriles is 1. The van der Waals surface area contributed by atoms with E-state index >= 15 is 0 Å². The molecule has 5 heteroatoms. The Labute approximate surface area is 124 Å². The van der Waals surface area contributed by atoms with Gasteiger partial charge in [0.1, 0.15) is 0 Å². The molecule has 0 saturated carbocycles. The molecule has 0 bridgehead atoms. The minimum absolute atomic E-state index is 0.147. The van der Waals surface area contributed by atoms with Gasteiger partial charge in [-0.15, -0.1) is 0 Å². The van der Waals surface area contributed by atoms with Crippen LogP contribution in [0.2, 0.25) is 0 Å². The third kappa shape index (κ3) is 7.73. The number of hydrogen-bond acceptors (Lipinski definition) is 4. The van der Waals surface area contributed by atoms with Gasteiger partial charge in [0.2, 0.25) is 0 Å². The minimum atomic E-state index is -0.806. The lowest BCUT2D eigenvalue weighted by Crippen LogP contribution is -2.07. The predicted octanol–water partition coefficient (Wildman–Crippen LogP) is 2.68. The van der Waals surface area contributed by atoms with Gasteiger partial charge in [-0.2, -0.15) is 5.26 Å². The molecule has 1 N–H and O–H groups in total. The molecule has 1 rings (SSSR count). The summed E-state index contributed by atoms with van der Waals surface area (Å²) in [5.74, 6) is -1.06. The van der Waals surface area contributed by atoms with Crippen molar-refractivity contribution >= 4 is 11.9 Å². The molecule has 0 saturated heterocycles. The second-order valence-corrected chi connectivity index (χ2v) is 4.73. The number of aliphatic carboxylic acids is 1. The summed E-state index contributed by atoms with van der Waals surface area (Å²) in [6, 6.07) is 9.21. The zero-order valence-electron chi connectivity index (χ0n) is 11.9. The van der Waals surface area contributed by atoms with Crippen LogP contribution in [-0.4, -0.2) is 23.7 Å². The Morgan fingerprint density at radius 1 is 1.10 bits per heavy atom. The summed E-state index contributed by atoms with van der Waals surface area (Å²) >= 11 is 0. The summed E-state index contributed by atoms with van der Waals surface area (Å²) in [5, 5.41) is 17.1. The lowest BCUT2D eigenvalue weighted by molar-refractivity contribution is -0.143. The van der Waals surface area contributed by atoms with Gasteiger partial charge in [-0.25, -0.2) is 0 Å². The Kier molecular flexibility index (Phi) is 7.59. The molecule has 0 heterocycles. The number of carbonyl (C=O) groups excluding carboxylic acids is 1. The van der Waals surface area contributed by atoms with Crippen molar-refractivity contribution < 1.29 is 19.4 Å². The maximum atomic E-state index is 11.4. The van der Waals surface area contributed by atoms with Crippen molar-refractivity contribution in [2.24, 2.45) is 0 Å². The molecule has 112 valence electrons. The summed E-state index contributed by atoms with van der Waals surface area (Å²) in [4.78, 5) is 21.8. The van der Waals surface area contributed by atoms with Crippen LogP contribution >= 0.6 is 0 Å². The molecule has 0 spiro atoms. The van der Waals surface area contributed by atoms with Crippen LogP contribution in [0, 0.1) is 11.3 Å². The molecule has 0 aromatic heterocycles. The van der Waals surface area contributed by atoms with Gasteiger partial charge >= 0.3 is 11.9 Å². The first-order valence-corrected chi connectivity index (χ1v) is 6.98. The molecule has 1 aromatic carbocycles. The topological polar surface area (TPSA) is 87.4 Å². The molecule has 0 radical (unpaired) electrons. The third-order valence-corrected chi connectivity index (χ3v) is 3.01. The molecule has 0 unspecified atom stereocenters. The van der Waals surface area contributed by atoms with Crippen LogP contribution in [-0.2, 0) is 20.7 Å². The van der Waals surface area contributed by atoms with Crippen molar-refractivity contribution in [1.82, 2.24) is 0 Å². The zero-order chi connectivity index (χ0) is 15.5. The Hall–Kier alpha value is -2.35. The molecule has 0 fully saturated rings. The van der Waals surface area contributed by atoms with E-state index in [0.29, 0.717) is 37.9 Å². The van der Waals surface area contributed by atoms with Gasteiger partial charge in [0.05, 0.1) is 18.2 Å². The number of carboxylic acids is 1. The highest BCUT2D eigenvalue weighted by Crippen LogP contribution is 2.06. The van der Waals surface area contributed by atoms with Gasteiger partial charge in [0.25, 0.3) is 0 Å². The van der Waals surface area contributed by atoms with Crippen molar-refractivity contribution in [3.05, 3.63) is 35.4 Å². The maximum absolute atomic E-state index is 11.4. The van der Waals surface area contributed by atoms with Gasteiger partial charge in [-0.3, -0.25) is 9.59 Å². The molecular formula is C16H19NO4. The lowest BCUT2D eigenvalue weighted by Gasteiger charge is -2.05. The van der Waals surface area contributed by atoms with Crippen molar-refractivity contribution in [1.29, 1.82) is 5.26 Å². The predicted molar refractivity (Wildman–Crippen MR) is 76.5 cm³/mol. The summed E-state index contributed by atoms with van der Waals surface area (Å²) in [5.41, 5.74) is 1.63. The van der Waals surface area contributed by atoms with Crippen LogP contribution < -0.4 is 0 Å². The van der Waals surface area contributed by atoms with E-state index in [1.54, 1.807) is 12.1 Å². The van der Waals surface area contributed by atoms with E-state index in [1.165, 1.54) is 0 Å². The van der Waals surface area contributed by atoms with Crippen molar-refractivity contribution in [3.8, 4) is 6.07 Å². The summed E-state index contributed by atoms with van der Waals surface area (Å²) in [7, 11) is 0. The molecular weight excluding hydrogens is 270 g/mol. The van der Waals surface area contributed by atoms with E-state index in [9.17, 15) is 9.59 Å². The first kappa shape index (κ1) is 16.7. The first-order chi connectivity index (χ1) is 10.1. The van der Waals surface area contributed by atoms with Crippen LogP contribution in [0.4, 0.5) is 0 Å². The monoisotopic (exact) mass is 289 g/mol. The number of ether oxygens (including phenoxy) is 1. The van der Waals surface area contributed by atoms with Crippen LogP contribution in [0.3, 0.4) is 0 Å². The number of esters is 1. The molecule has 0 amide bonds. The highest BCUT2D eigenvalue weighted by atomic mass is 16.5. The number of hydrogen-bond donors (Lipinski definition) is 1. The molecule has 1 aromatic rings. The number of unbranched alkanes of at least 4 members (excludes halogenated alkanes) is 2. The molecule has 0 atom stereocenters. The molecule has 5 nitrogen and oxygen atoms in total. The van der Waals surface area contributed by atoms with Gasteiger partial charge in [0.15, 0.2) is 0 Å².